The molecule has 0 fully saturated rings. The molecule has 4 heterocycles. The van der Waals surface area contributed by atoms with Gasteiger partial charge in [0, 0.05) is 42.4 Å². The quantitative estimate of drug-likeness (QED) is 0.170. The van der Waals surface area contributed by atoms with Gasteiger partial charge in [0.05, 0.1) is 31.8 Å². The number of rotatable bonds is 6. The lowest BCUT2D eigenvalue weighted by atomic mass is 9.98. The molecule has 0 aliphatic rings. The Hall–Kier alpha value is -6.86. The van der Waals surface area contributed by atoms with Crippen molar-refractivity contribution in [2.45, 2.75) is 0 Å². The molecule has 56 heavy (non-hydrogen) atoms. The van der Waals surface area contributed by atoms with Gasteiger partial charge in [0.15, 0.2) is 11.6 Å². The first-order chi connectivity index (χ1) is 27.7. The first-order valence-electron chi connectivity index (χ1n) is 18.5. The Morgan fingerprint density at radius 2 is 0.589 bits per heavy atom. The summed E-state index contributed by atoms with van der Waals surface area (Å²) < 4.78 is 4.66. The highest BCUT2D eigenvalue weighted by Crippen LogP contribution is 2.41. The van der Waals surface area contributed by atoms with Crippen molar-refractivity contribution < 1.29 is 0 Å². The second-order valence-corrected chi connectivity index (χ2v) is 15.9. The van der Waals surface area contributed by atoms with Gasteiger partial charge in [-0.1, -0.05) is 170 Å². The SMILES string of the molecule is c1ccc(-c2nc(-c3ccc(-c4ccc(-c5ccc(-c6nc(-c7ccccc7)c7sc8ccccc8c7n6)cc5)cc4)cc3)c3sc4ccccc4c3n2)cc1. The van der Waals surface area contributed by atoms with E-state index in [1.165, 1.54) is 20.2 Å². The van der Waals surface area contributed by atoms with E-state index in [0.717, 1.165) is 88.0 Å². The number of benzene rings is 7. The van der Waals surface area contributed by atoms with E-state index in [4.69, 9.17) is 19.9 Å². The zero-order valence-electron chi connectivity index (χ0n) is 29.9. The Morgan fingerprint density at radius 1 is 0.268 bits per heavy atom. The van der Waals surface area contributed by atoms with Crippen LogP contribution in [-0.4, -0.2) is 19.9 Å². The van der Waals surface area contributed by atoms with Crippen LogP contribution in [0.5, 0.6) is 0 Å². The molecule has 6 heteroatoms. The van der Waals surface area contributed by atoms with Crippen LogP contribution in [0.25, 0.3) is 108 Å². The van der Waals surface area contributed by atoms with Gasteiger partial charge in [0.2, 0.25) is 0 Å². The fraction of sp³-hybridized carbons (Fsp3) is 0. The summed E-state index contributed by atoms with van der Waals surface area (Å²) in [5.74, 6) is 1.47. The van der Waals surface area contributed by atoms with Crippen molar-refractivity contribution in [3.8, 4) is 67.5 Å². The summed E-state index contributed by atoms with van der Waals surface area (Å²) in [6.45, 7) is 0. The van der Waals surface area contributed by atoms with E-state index in [1.807, 2.05) is 24.3 Å². The standard InChI is InChI=1S/C50H30N4S2/c1-3-11-35(12-4-1)43-47-45(39-15-7-9-17-41(39)55-47)54-50(51-43)38-29-25-34(26-30-38)32-21-19-31(20-22-32)33-23-27-36(28-24-33)44-48-46(40-16-8-10-18-42(40)56-48)53-49(52-44)37-13-5-2-6-14-37/h1-30H. The third kappa shape index (κ3) is 5.66. The number of thiophene rings is 2. The van der Waals surface area contributed by atoms with Gasteiger partial charge in [-0.25, -0.2) is 19.9 Å². The van der Waals surface area contributed by atoms with Crippen LogP contribution in [0.15, 0.2) is 182 Å². The summed E-state index contributed by atoms with van der Waals surface area (Å²) >= 11 is 3.51. The Morgan fingerprint density at radius 3 is 1.04 bits per heavy atom. The van der Waals surface area contributed by atoms with E-state index in [2.05, 4.69) is 158 Å². The number of hydrogen-bond donors (Lipinski definition) is 0. The lowest BCUT2D eigenvalue weighted by Crippen LogP contribution is -1.93. The summed E-state index contributed by atoms with van der Waals surface area (Å²) in [5, 5.41) is 2.33. The van der Waals surface area contributed by atoms with Gasteiger partial charge >= 0.3 is 0 Å². The summed E-state index contributed by atoms with van der Waals surface area (Å²) in [7, 11) is 0. The van der Waals surface area contributed by atoms with Crippen molar-refractivity contribution in [2.75, 3.05) is 0 Å². The van der Waals surface area contributed by atoms with Gasteiger partial charge < -0.3 is 0 Å². The Bertz CT molecular complexity index is 3210. The number of fused-ring (bicyclic) bond motifs is 6. The third-order valence-electron chi connectivity index (χ3n) is 10.4. The predicted octanol–water partition coefficient (Wildman–Crippen LogP) is 14.0. The van der Waals surface area contributed by atoms with Crippen molar-refractivity contribution in [1.82, 2.24) is 19.9 Å². The number of aromatic nitrogens is 4. The molecular weight excluding hydrogens is 721 g/mol. The Labute approximate surface area is 331 Å². The monoisotopic (exact) mass is 750 g/mol. The molecule has 0 spiro atoms. The minimum atomic E-state index is 0.733. The van der Waals surface area contributed by atoms with Crippen molar-refractivity contribution in [3.05, 3.63) is 182 Å². The minimum Gasteiger partial charge on any atom is -0.226 e. The van der Waals surface area contributed by atoms with Crippen molar-refractivity contribution >= 4 is 63.3 Å². The highest BCUT2D eigenvalue weighted by molar-refractivity contribution is 7.26. The van der Waals surface area contributed by atoms with Crippen molar-refractivity contribution in [1.29, 1.82) is 0 Å². The molecule has 11 rings (SSSR count). The smallest absolute Gasteiger partial charge is 0.160 e. The summed E-state index contributed by atoms with van der Waals surface area (Å²) in [5.41, 5.74) is 12.7. The summed E-state index contributed by atoms with van der Waals surface area (Å²) in [4.78, 5) is 20.5. The summed E-state index contributed by atoms with van der Waals surface area (Å²) in [6.07, 6.45) is 0. The van der Waals surface area contributed by atoms with Crippen LogP contribution in [0.1, 0.15) is 0 Å². The Kier molecular flexibility index (Phi) is 7.83. The predicted molar refractivity (Wildman–Crippen MR) is 236 cm³/mol. The molecule has 11 aromatic rings. The van der Waals surface area contributed by atoms with Crippen molar-refractivity contribution in [2.24, 2.45) is 0 Å². The molecule has 0 unspecified atom stereocenters. The average Bonchev–Trinajstić information content (AvgIpc) is 3.85. The van der Waals surface area contributed by atoms with Gasteiger partial charge in [-0.05, 0) is 34.4 Å². The molecule has 0 bridgehead atoms. The van der Waals surface area contributed by atoms with Gasteiger partial charge in [0.25, 0.3) is 0 Å². The van der Waals surface area contributed by atoms with E-state index in [9.17, 15) is 0 Å². The molecular formula is C50H30N4S2. The largest absolute Gasteiger partial charge is 0.226 e. The highest BCUT2D eigenvalue weighted by Gasteiger charge is 2.18. The second-order valence-electron chi connectivity index (χ2n) is 13.8. The maximum absolute atomic E-state index is 5.15. The van der Waals surface area contributed by atoms with E-state index in [-0.39, 0.29) is 0 Å². The molecule has 0 atom stereocenters. The molecule has 0 aliphatic carbocycles. The molecule has 0 aliphatic heterocycles. The van der Waals surface area contributed by atoms with E-state index in [0.29, 0.717) is 0 Å². The maximum atomic E-state index is 5.15. The lowest BCUT2D eigenvalue weighted by molar-refractivity contribution is 1.24. The molecule has 4 aromatic heterocycles. The highest BCUT2D eigenvalue weighted by atomic mass is 32.1. The van der Waals surface area contributed by atoms with Crippen LogP contribution in [0.4, 0.5) is 0 Å². The van der Waals surface area contributed by atoms with Crippen LogP contribution in [0.3, 0.4) is 0 Å². The zero-order chi connectivity index (χ0) is 37.0. The van der Waals surface area contributed by atoms with Gasteiger partial charge in [-0.2, -0.15) is 0 Å². The molecule has 0 saturated heterocycles. The molecule has 4 nitrogen and oxygen atoms in total. The molecule has 7 aromatic carbocycles. The number of nitrogens with zero attached hydrogens (tertiary/aromatic N) is 4. The van der Waals surface area contributed by atoms with Gasteiger partial charge in [-0.3, -0.25) is 0 Å². The van der Waals surface area contributed by atoms with Crippen LogP contribution >= 0.6 is 22.7 Å². The fourth-order valence-electron chi connectivity index (χ4n) is 7.50. The first-order valence-corrected chi connectivity index (χ1v) is 20.2. The summed E-state index contributed by atoms with van der Waals surface area (Å²) in [6, 6.07) is 63.8. The first kappa shape index (κ1) is 32.6. The van der Waals surface area contributed by atoms with Crippen LogP contribution < -0.4 is 0 Å². The Balaban J connectivity index is 0.895. The van der Waals surface area contributed by atoms with Crippen LogP contribution in [-0.2, 0) is 0 Å². The molecule has 262 valence electrons. The van der Waals surface area contributed by atoms with Crippen molar-refractivity contribution in [3.63, 3.8) is 0 Å². The molecule has 0 amide bonds. The normalized spacial score (nSPS) is 11.6. The minimum absolute atomic E-state index is 0.733. The van der Waals surface area contributed by atoms with Gasteiger partial charge in [0.1, 0.15) is 0 Å². The topological polar surface area (TPSA) is 51.6 Å². The zero-order valence-corrected chi connectivity index (χ0v) is 31.6. The third-order valence-corrected chi connectivity index (χ3v) is 12.7. The van der Waals surface area contributed by atoms with Gasteiger partial charge in [-0.15, -0.1) is 22.7 Å². The second kappa shape index (κ2) is 13.5. The van der Waals surface area contributed by atoms with E-state index in [1.54, 1.807) is 22.7 Å². The van der Waals surface area contributed by atoms with E-state index < -0.39 is 0 Å². The average molecular weight is 751 g/mol. The van der Waals surface area contributed by atoms with E-state index >= 15 is 0 Å². The number of hydrogen-bond acceptors (Lipinski definition) is 6. The molecule has 0 saturated carbocycles. The molecule has 0 N–H and O–H groups in total. The molecule has 0 radical (unpaired) electrons. The van der Waals surface area contributed by atoms with Crippen LogP contribution in [0, 0.1) is 0 Å². The lowest BCUT2D eigenvalue weighted by Gasteiger charge is -2.10. The van der Waals surface area contributed by atoms with Crippen LogP contribution in [0.2, 0.25) is 0 Å². The fourth-order valence-corrected chi connectivity index (χ4v) is 9.81. The maximum Gasteiger partial charge on any atom is 0.160 e.